The molecule has 0 spiro atoms. The van der Waals surface area contributed by atoms with Crippen LogP contribution in [0.1, 0.15) is 23.6 Å². The van der Waals surface area contributed by atoms with Gasteiger partial charge in [-0.2, -0.15) is 13.2 Å². The average Bonchev–Trinajstić information content (AvgIpc) is 2.77. The number of alkyl halides is 6. The number of hydrogen-bond donors (Lipinski definition) is 0. The number of rotatable bonds is 6. The Labute approximate surface area is 193 Å². The Bertz CT molecular complexity index is 1100. The van der Waals surface area contributed by atoms with E-state index >= 15 is 0 Å². The average molecular weight is 480 g/mol. The molecule has 0 N–H and O–H groups in total. The maximum atomic E-state index is 13.1. The SMILES string of the molecule is FC(F)(F)CCN1c2ccccc2N(Cc2cccc(OC(F)(F)F)c2)CC1c1ccccc1. The summed E-state index contributed by atoms with van der Waals surface area (Å²) in [5.74, 6) is -0.318. The van der Waals surface area contributed by atoms with Crippen molar-refractivity contribution in [2.45, 2.75) is 31.5 Å². The largest absolute Gasteiger partial charge is 0.573 e. The number of fused-ring (bicyclic) bond motifs is 1. The fraction of sp³-hybridized carbons (Fsp3) is 0.280. The fourth-order valence-electron chi connectivity index (χ4n) is 4.24. The number of hydrogen-bond acceptors (Lipinski definition) is 3. The van der Waals surface area contributed by atoms with Crippen LogP contribution in [-0.4, -0.2) is 25.6 Å². The van der Waals surface area contributed by atoms with Gasteiger partial charge in [-0.15, -0.1) is 13.2 Å². The van der Waals surface area contributed by atoms with E-state index < -0.39 is 19.0 Å². The van der Waals surface area contributed by atoms with Gasteiger partial charge in [0.2, 0.25) is 0 Å². The summed E-state index contributed by atoms with van der Waals surface area (Å²) in [4.78, 5) is 3.74. The number of ether oxygens (including phenoxy) is 1. The summed E-state index contributed by atoms with van der Waals surface area (Å²) in [6.45, 7) is 0.425. The maximum absolute atomic E-state index is 13.1. The van der Waals surface area contributed by atoms with Gasteiger partial charge in [0.25, 0.3) is 0 Å². The molecular formula is C25H22F6N2O. The van der Waals surface area contributed by atoms with Gasteiger partial charge in [0.1, 0.15) is 5.75 Å². The van der Waals surface area contributed by atoms with Crippen molar-refractivity contribution >= 4 is 11.4 Å². The summed E-state index contributed by atoms with van der Waals surface area (Å²) in [5, 5.41) is 0. The third-order valence-electron chi connectivity index (χ3n) is 5.63. The van der Waals surface area contributed by atoms with Crippen LogP contribution in [0.2, 0.25) is 0 Å². The van der Waals surface area contributed by atoms with Crippen molar-refractivity contribution in [1.82, 2.24) is 0 Å². The van der Waals surface area contributed by atoms with Gasteiger partial charge in [-0.05, 0) is 35.4 Å². The minimum atomic E-state index is -4.80. The summed E-state index contributed by atoms with van der Waals surface area (Å²) < 4.78 is 81.3. The Hall–Kier alpha value is -3.36. The Balaban J connectivity index is 1.68. The molecule has 9 heteroatoms. The monoisotopic (exact) mass is 480 g/mol. The maximum Gasteiger partial charge on any atom is 0.573 e. The van der Waals surface area contributed by atoms with E-state index in [1.165, 1.54) is 18.2 Å². The number of anilines is 2. The molecule has 1 aliphatic rings. The summed E-state index contributed by atoms with van der Waals surface area (Å²) in [6.07, 6.45) is -10.1. The van der Waals surface area contributed by atoms with E-state index in [1.54, 1.807) is 29.2 Å². The van der Waals surface area contributed by atoms with Crippen LogP contribution < -0.4 is 14.5 Å². The lowest BCUT2D eigenvalue weighted by atomic mass is 9.98. The lowest BCUT2D eigenvalue weighted by Crippen LogP contribution is -2.44. The van der Waals surface area contributed by atoms with Gasteiger partial charge in [0.15, 0.2) is 0 Å². The van der Waals surface area contributed by atoms with Crippen molar-refractivity contribution in [3.8, 4) is 5.75 Å². The van der Waals surface area contributed by atoms with Crippen LogP contribution in [0, 0.1) is 0 Å². The molecule has 3 aromatic rings. The molecule has 0 fully saturated rings. The van der Waals surface area contributed by atoms with Crippen LogP contribution >= 0.6 is 0 Å². The normalized spacial score (nSPS) is 16.4. The Kier molecular flexibility index (Phi) is 6.63. The molecule has 1 atom stereocenters. The highest BCUT2D eigenvalue weighted by molar-refractivity contribution is 5.74. The molecule has 1 unspecified atom stereocenters. The molecule has 0 saturated carbocycles. The molecule has 0 aliphatic carbocycles. The number of nitrogens with zero attached hydrogens (tertiary/aromatic N) is 2. The van der Waals surface area contributed by atoms with Crippen LogP contribution in [0.3, 0.4) is 0 Å². The van der Waals surface area contributed by atoms with Gasteiger partial charge in [-0.1, -0.05) is 54.6 Å². The van der Waals surface area contributed by atoms with E-state index in [-0.39, 0.29) is 24.9 Å². The van der Waals surface area contributed by atoms with E-state index in [1.807, 2.05) is 41.3 Å². The molecular weight excluding hydrogens is 458 g/mol. The lowest BCUT2D eigenvalue weighted by Gasteiger charge is -2.45. The second-order valence-electron chi connectivity index (χ2n) is 8.05. The van der Waals surface area contributed by atoms with E-state index in [0.717, 1.165) is 11.3 Å². The third-order valence-corrected chi connectivity index (χ3v) is 5.63. The first-order valence-electron chi connectivity index (χ1n) is 10.7. The molecule has 0 radical (unpaired) electrons. The van der Waals surface area contributed by atoms with E-state index in [0.29, 0.717) is 17.8 Å². The van der Waals surface area contributed by atoms with E-state index in [4.69, 9.17) is 0 Å². The summed E-state index contributed by atoms with van der Waals surface area (Å²) in [7, 11) is 0. The van der Waals surface area contributed by atoms with Crippen molar-refractivity contribution < 1.29 is 31.1 Å². The van der Waals surface area contributed by atoms with Crippen molar-refractivity contribution in [3.05, 3.63) is 90.0 Å². The highest BCUT2D eigenvalue weighted by Crippen LogP contribution is 2.42. The highest BCUT2D eigenvalue weighted by atomic mass is 19.4. The molecule has 180 valence electrons. The molecule has 34 heavy (non-hydrogen) atoms. The Morgan fingerprint density at radius 3 is 2.15 bits per heavy atom. The predicted octanol–water partition coefficient (Wildman–Crippen LogP) is 7.11. The van der Waals surface area contributed by atoms with Crippen molar-refractivity contribution in [2.75, 3.05) is 22.9 Å². The molecule has 3 nitrogen and oxygen atoms in total. The third kappa shape index (κ3) is 5.95. The van der Waals surface area contributed by atoms with Crippen LogP contribution in [0.25, 0.3) is 0 Å². The first kappa shape index (κ1) is 23.8. The zero-order valence-corrected chi connectivity index (χ0v) is 18.0. The van der Waals surface area contributed by atoms with Crippen LogP contribution in [-0.2, 0) is 6.54 Å². The van der Waals surface area contributed by atoms with Crippen LogP contribution in [0.15, 0.2) is 78.9 Å². The van der Waals surface area contributed by atoms with Gasteiger partial charge >= 0.3 is 12.5 Å². The summed E-state index contributed by atoms with van der Waals surface area (Å²) in [5.41, 5.74) is 2.82. The first-order chi connectivity index (χ1) is 16.1. The second-order valence-corrected chi connectivity index (χ2v) is 8.05. The predicted molar refractivity (Wildman–Crippen MR) is 118 cm³/mol. The van der Waals surface area contributed by atoms with Gasteiger partial charge in [-0.3, -0.25) is 0 Å². The minimum absolute atomic E-state index is 0.206. The zero-order valence-electron chi connectivity index (χ0n) is 18.0. The number of benzene rings is 3. The fourth-order valence-corrected chi connectivity index (χ4v) is 4.24. The zero-order chi connectivity index (χ0) is 24.3. The molecule has 1 heterocycles. The Morgan fingerprint density at radius 2 is 1.47 bits per heavy atom. The minimum Gasteiger partial charge on any atom is -0.406 e. The highest BCUT2D eigenvalue weighted by Gasteiger charge is 2.35. The summed E-state index contributed by atoms with van der Waals surface area (Å²) >= 11 is 0. The molecule has 1 aliphatic heterocycles. The Morgan fingerprint density at radius 1 is 0.794 bits per heavy atom. The molecule has 0 amide bonds. The first-order valence-corrected chi connectivity index (χ1v) is 10.7. The number of halogens is 6. The van der Waals surface area contributed by atoms with Crippen LogP contribution in [0.4, 0.5) is 37.7 Å². The van der Waals surface area contributed by atoms with E-state index in [9.17, 15) is 26.3 Å². The van der Waals surface area contributed by atoms with Crippen molar-refractivity contribution in [1.29, 1.82) is 0 Å². The van der Waals surface area contributed by atoms with Crippen LogP contribution in [0.5, 0.6) is 5.75 Å². The summed E-state index contributed by atoms with van der Waals surface area (Å²) in [6, 6.07) is 21.8. The quantitative estimate of drug-likeness (QED) is 0.350. The van der Waals surface area contributed by atoms with Crippen molar-refractivity contribution in [3.63, 3.8) is 0 Å². The topological polar surface area (TPSA) is 15.7 Å². The van der Waals surface area contributed by atoms with Gasteiger partial charge in [0, 0.05) is 19.6 Å². The van der Waals surface area contributed by atoms with Gasteiger partial charge in [0.05, 0.1) is 23.8 Å². The molecule has 3 aromatic carbocycles. The molecule has 0 saturated heterocycles. The standard InChI is InChI=1S/C25H22F6N2O/c26-24(27,28)13-14-33-22-12-5-4-11-21(22)32(17-23(33)19-8-2-1-3-9-19)16-18-7-6-10-20(15-18)34-25(29,30)31/h1-12,15,23H,13-14,16-17H2. The van der Waals surface area contributed by atoms with E-state index in [2.05, 4.69) is 4.74 Å². The molecule has 0 aromatic heterocycles. The van der Waals surface area contributed by atoms with Gasteiger partial charge < -0.3 is 14.5 Å². The molecule has 0 bridgehead atoms. The second kappa shape index (κ2) is 9.48. The molecule has 4 rings (SSSR count). The van der Waals surface area contributed by atoms with Crippen molar-refractivity contribution in [2.24, 2.45) is 0 Å². The lowest BCUT2D eigenvalue weighted by molar-refractivity contribution is -0.274. The number of para-hydroxylation sites is 2. The smallest absolute Gasteiger partial charge is 0.406 e. The van der Waals surface area contributed by atoms with Gasteiger partial charge in [-0.25, -0.2) is 0 Å².